The molecule has 0 bridgehead atoms. The van der Waals surface area contributed by atoms with E-state index in [9.17, 15) is 4.39 Å². The highest BCUT2D eigenvalue weighted by Gasteiger charge is 2.06. The molecule has 19 heavy (non-hydrogen) atoms. The number of nitrogens with zero attached hydrogens (tertiary/aromatic N) is 2. The number of rotatable bonds is 2. The first kappa shape index (κ1) is 11.9. The molecule has 0 saturated heterocycles. The predicted octanol–water partition coefficient (Wildman–Crippen LogP) is 4.33. The molecule has 3 aromatic rings. The second-order valence-corrected chi connectivity index (χ2v) is 4.54. The van der Waals surface area contributed by atoms with Crippen molar-refractivity contribution in [3.05, 3.63) is 71.8 Å². The molecule has 1 heterocycles. The first-order valence-electron chi connectivity index (χ1n) is 5.79. The summed E-state index contributed by atoms with van der Waals surface area (Å²) < 4.78 is 14.9. The Balaban J connectivity index is 2.03. The number of halogens is 2. The van der Waals surface area contributed by atoms with E-state index < -0.39 is 0 Å². The molecule has 0 N–H and O–H groups in total. The van der Waals surface area contributed by atoms with E-state index in [1.54, 1.807) is 23.0 Å². The van der Waals surface area contributed by atoms with Crippen LogP contribution in [0.2, 0.25) is 5.02 Å². The molecule has 0 aliphatic rings. The summed E-state index contributed by atoms with van der Waals surface area (Å²) in [5.74, 6) is -0.261. The van der Waals surface area contributed by atoms with Gasteiger partial charge >= 0.3 is 0 Å². The van der Waals surface area contributed by atoms with Crippen LogP contribution in [-0.2, 0) is 0 Å². The van der Waals surface area contributed by atoms with Crippen LogP contribution in [0.25, 0.3) is 16.8 Å². The molecule has 1 aromatic heterocycles. The predicted molar refractivity (Wildman–Crippen MR) is 74.0 cm³/mol. The van der Waals surface area contributed by atoms with Gasteiger partial charge < -0.3 is 0 Å². The van der Waals surface area contributed by atoms with Crippen LogP contribution in [0.4, 0.5) is 4.39 Å². The number of aromatic nitrogens is 2. The van der Waals surface area contributed by atoms with Crippen molar-refractivity contribution in [1.82, 2.24) is 9.78 Å². The summed E-state index contributed by atoms with van der Waals surface area (Å²) in [4.78, 5) is 0. The van der Waals surface area contributed by atoms with Crippen LogP contribution in [0.15, 0.2) is 60.9 Å². The van der Waals surface area contributed by atoms with Crippen LogP contribution < -0.4 is 0 Å². The Morgan fingerprint density at radius 1 is 1.00 bits per heavy atom. The molecule has 2 nitrogen and oxygen atoms in total. The van der Waals surface area contributed by atoms with Crippen LogP contribution >= 0.6 is 11.6 Å². The van der Waals surface area contributed by atoms with Crippen LogP contribution in [-0.4, -0.2) is 9.78 Å². The van der Waals surface area contributed by atoms with Gasteiger partial charge in [0.15, 0.2) is 0 Å². The second kappa shape index (κ2) is 4.86. The summed E-state index contributed by atoms with van der Waals surface area (Å²) >= 11 is 6.12. The molecule has 0 atom stereocenters. The SMILES string of the molecule is Fc1cccc(-c2cnn(-c3ccccc3Cl)c2)c1. The van der Waals surface area contributed by atoms with Gasteiger partial charge in [0.1, 0.15) is 5.82 Å². The summed E-state index contributed by atoms with van der Waals surface area (Å²) in [6.07, 6.45) is 3.52. The number of para-hydroxylation sites is 1. The Morgan fingerprint density at radius 3 is 2.63 bits per heavy atom. The fraction of sp³-hybridized carbons (Fsp3) is 0. The second-order valence-electron chi connectivity index (χ2n) is 4.14. The van der Waals surface area contributed by atoms with Gasteiger partial charge in [-0.05, 0) is 29.8 Å². The van der Waals surface area contributed by atoms with E-state index in [1.165, 1.54) is 12.1 Å². The maximum atomic E-state index is 13.2. The first-order valence-corrected chi connectivity index (χ1v) is 6.17. The monoisotopic (exact) mass is 272 g/mol. The minimum atomic E-state index is -0.261. The van der Waals surface area contributed by atoms with Gasteiger partial charge in [-0.3, -0.25) is 0 Å². The van der Waals surface area contributed by atoms with Crippen molar-refractivity contribution in [1.29, 1.82) is 0 Å². The lowest BCUT2D eigenvalue weighted by Crippen LogP contribution is -1.94. The molecule has 0 amide bonds. The molecule has 94 valence electrons. The van der Waals surface area contributed by atoms with E-state index in [0.717, 1.165) is 16.8 Å². The van der Waals surface area contributed by atoms with Gasteiger partial charge in [-0.25, -0.2) is 9.07 Å². The quantitative estimate of drug-likeness (QED) is 0.679. The van der Waals surface area contributed by atoms with E-state index >= 15 is 0 Å². The highest BCUT2D eigenvalue weighted by atomic mass is 35.5. The summed E-state index contributed by atoms with van der Waals surface area (Å²) in [7, 11) is 0. The van der Waals surface area contributed by atoms with Crippen molar-refractivity contribution in [2.45, 2.75) is 0 Å². The zero-order valence-electron chi connectivity index (χ0n) is 9.92. The minimum absolute atomic E-state index is 0.261. The molecular weight excluding hydrogens is 263 g/mol. The highest BCUT2D eigenvalue weighted by Crippen LogP contribution is 2.23. The molecule has 0 spiro atoms. The summed E-state index contributed by atoms with van der Waals surface area (Å²) in [6, 6.07) is 13.9. The van der Waals surface area contributed by atoms with Gasteiger partial charge in [0, 0.05) is 11.8 Å². The lowest BCUT2D eigenvalue weighted by molar-refractivity contribution is 0.628. The lowest BCUT2D eigenvalue weighted by atomic mass is 10.1. The van der Waals surface area contributed by atoms with Crippen molar-refractivity contribution in [2.75, 3.05) is 0 Å². The highest BCUT2D eigenvalue weighted by molar-refractivity contribution is 6.32. The summed E-state index contributed by atoms with van der Waals surface area (Å²) in [5, 5.41) is 4.88. The summed E-state index contributed by atoms with van der Waals surface area (Å²) in [6.45, 7) is 0. The van der Waals surface area contributed by atoms with Gasteiger partial charge in [-0.2, -0.15) is 5.10 Å². The number of hydrogen-bond donors (Lipinski definition) is 0. The normalized spacial score (nSPS) is 10.6. The van der Waals surface area contributed by atoms with Gasteiger partial charge in [-0.1, -0.05) is 35.9 Å². The lowest BCUT2D eigenvalue weighted by Gasteiger charge is -2.02. The Morgan fingerprint density at radius 2 is 1.84 bits per heavy atom. The molecular formula is C15H10ClFN2. The molecule has 0 unspecified atom stereocenters. The van der Waals surface area contributed by atoms with Gasteiger partial charge in [-0.15, -0.1) is 0 Å². The van der Waals surface area contributed by atoms with E-state index in [2.05, 4.69) is 5.10 Å². The maximum Gasteiger partial charge on any atom is 0.123 e. The van der Waals surface area contributed by atoms with Crippen molar-refractivity contribution in [3.63, 3.8) is 0 Å². The topological polar surface area (TPSA) is 17.8 Å². The van der Waals surface area contributed by atoms with Crippen LogP contribution in [0, 0.1) is 5.82 Å². The fourth-order valence-electron chi connectivity index (χ4n) is 1.91. The molecule has 0 radical (unpaired) electrons. The van der Waals surface area contributed by atoms with E-state index in [-0.39, 0.29) is 5.82 Å². The summed E-state index contributed by atoms with van der Waals surface area (Å²) in [5.41, 5.74) is 2.43. The van der Waals surface area contributed by atoms with Crippen molar-refractivity contribution in [2.24, 2.45) is 0 Å². The Hall–Kier alpha value is -2.13. The van der Waals surface area contributed by atoms with Crippen molar-refractivity contribution >= 4 is 11.6 Å². The molecule has 0 fully saturated rings. The molecule has 3 rings (SSSR count). The van der Waals surface area contributed by atoms with E-state index in [4.69, 9.17) is 11.6 Å². The molecule has 0 aliphatic heterocycles. The largest absolute Gasteiger partial charge is 0.239 e. The van der Waals surface area contributed by atoms with Crippen LogP contribution in [0.5, 0.6) is 0 Å². The molecule has 0 saturated carbocycles. The Kier molecular flexibility index (Phi) is 3.05. The van der Waals surface area contributed by atoms with Crippen molar-refractivity contribution < 1.29 is 4.39 Å². The maximum absolute atomic E-state index is 13.2. The first-order chi connectivity index (χ1) is 9.24. The van der Waals surface area contributed by atoms with Gasteiger partial charge in [0.2, 0.25) is 0 Å². The third-order valence-corrected chi connectivity index (χ3v) is 3.16. The average molecular weight is 273 g/mol. The average Bonchev–Trinajstić information content (AvgIpc) is 2.89. The van der Waals surface area contributed by atoms with Gasteiger partial charge in [0.05, 0.1) is 16.9 Å². The number of hydrogen-bond acceptors (Lipinski definition) is 1. The molecule has 4 heteroatoms. The third kappa shape index (κ3) is 2.37. The number of benzene rings is 2. The fourth-order valence-corrected chi connectivity index (χ4v) is 2.13. The Bertz CT molecular complexity index is 721. The third-order valence-electron chi connectivity index (χ3n) is 2.84. The zero-order chi connectivity index (χ0) is 13.2. The minimum Gasteiger partial charge on any atom is -0.239 e. The standard InChI is InChI=1S/C15H10ClFN2/c16-14-6-1-2-7-15(14)19-10-12(9-18-19)11-4-3-5-13(17)8-11/h1-10H. The zero-order valence-corrected chi connectivity index (χ0v) is 10.7. The van der Waals surface area contributed by atoms with Gasteiger partial charge in [0.25, 0.3) is 0 Å². The molecule has 2 aromatic carbocycles. The smallest absolute Gasteiger partial charge is 0.123 e. The molecule has 0 aliphatic carbocycles. The van der Waals surface area contributed by atoms with E-state index in [1.807, 2.05) is 30.5 Å². The Labute approximate surface area is 115 Å². The van der Waals surface area contributed by atoms with Crippen LogP contribution in [0.3, 0.4) is 0 Å². The van der Waals surface area contributed by atoms with Crippen molar-refractivity contribution in [3.8, 4) is 16.8 Å². The van der Waals surface area contributed by atoms with Crippen LogP contribution in [0.1, 0.15) is 0 Å². The van der Waals surface area contributed by atoms with E-state index in [0.29, 0.717) is 5.02 Å².